The van der Waals surface area contributed by atoms with E-state index < -0.39 is 0 Å². The van der Waals surface area contributed by atoms with Gasteiger partial charge in [-0.3, -0.25) is 0 Å². The minimum atomic E-state index is 0.275. The summed E-state index contributed by atoms with van der Waals surface area (Å²) >= 11 is 0. The third kappa shape index (κ3) is 5.21. The van der Waals surface area contributed by atoms with Gasteiger partial charge in [0.15, 0.2) is 11.5 Å². The Balaban J connectivity index is 1.79. The molecular weight excluding hydrogens is 266 g/mol. The molecule has 0 aliphatic carbocycles. The molecule has 1 aliphatic rings. The van der Waals surface area contributed by atoms with Crippen molar-refractivity contribution in [3.63, 3.8) is 0 Å². The second kappa shape index (κ2) is 8.90. The first-order valence-electron chi connectivity index (χ1n) is 8.02. The lowest BCUT2D eigenvalue weighted by molar-refractivity contribution is 0.131. The standard InChI is InChI=1S/C17H27NO3/c1-3-4-9-19-12-8-18-14(2)15-6-7-16-17(13-15)21-11-5-10-20-16/h6-7,13-14,18H,3-5,8-12H2,1-2H3. The summed E-state index contributed by atoms with van der Waals surface area (Å²) in [6, 6.07) is 6.46. The number of hydrogen-bond donors (Lipinski definition) is 1. The molecule has 0 amide bonds. The molecule has 2 rings (SSSR count). The molecule has 0 bridgehead atoms. The fourth-order valence-corrected chi connectivity index (χ4v) is 2.26. The van der Waals surface area contributed by atoms with Crippen molar-refractivity contribution >= 4 is 0 Å². The number of ether oxygens (including phenoxy) is 3. The molecule has 0 spiro atoms. The Morgan fingerprint density at radius 1 is 1.19 bits per heavy atom. The molecule has 118 valence electrons. The summed E-state index contributed by atoms with van der Waals surface area (Å²) in [4.78, 5) is 0. The van der Waals surface area contributed by atoms with E-state index in [4.69, 9.17) is 14.2 Å². The molecule has 0 radical (unpaired) electrons. The molecule has 4 nitrogen and oxygen atoms in total. The summed E-state index contributed by atoms with van der Waals surface area (Å²) in [6.45, 7) is 8.27. The molecule has 1 aromatic carbocycles. The molecule has 21 heavy (non-hydrogen) atoms. The first kappa shape index (κ1) is 16.1. The Labute approximate surface area is 127 Å². The second-order valence-corrected chi connectivity index (χ2v) is 5.40. The van der Waals surface area contributed by atoms with E-state index in [1.54, 1.807) is 0 Å². The Morgan fingerprint density at radius 2 is 2.00 bits per heavy atom. The maximum atomic E-state index is 5.73. The van der Waals surface area contributed by atoms with Crippen LogP contribution in [0.1, 0.15) is 44.7 Å². The van der Waals surface area contributed by atoms with Gasteiger partial charge in [0.25, 0.3) is 0 Å². The molecule has 4 heteroatoms. The van der Waals surface area contributed by atoms with Crippen molar-refractivity contribution in [2.24, 2.45) is 0 Å². The van der Waals surface area contributed by atoms with Gasteiger partial charge in [0, 0.05) is 25.6 Å². The minimum absolute atomic E-state index is 0.275. The van der Waals surface area contributed by atoms with E-state index >= 15 is 0 Å². The first-order valence-corrected chi connectivity index (χ1v) is 8.02. The quantitative estimate of drug-likeness (QED) is 0.746. The number of benzene rings is 1. The van der Waals surface area contributed by atoms with Crippen molar-refractivity contribution in [1.29, 1.82) is 0 Å². The number of hydrogen-bond acceptors (Lipinski definition) is 4. The number of rotatable bonds is 8. The molecule has 1 N–H and O–H groups in total. The number of nitrogens with one attached hydrogen (secondary N) is 1. The lowest BCUT2D eigenvalue weighted by Gasteiger charge is -2.16. The summed E-state index contributed by atoms with van der Waals surface area (Å²) in [7, 11) is 0. The van der Waals surface area contributed by atoms with Crippen LogP contribution in [-0.2, 0) is 4.74 Å². The fourth-order valence-electron chi connectivity index (χ4n) is 2.26. The molecule has 1 aromatic rings. The van der Waals surface area contributed by atoms with Crippen LogP contribution in [0.2, 0.25) is 0 Å². The van der Waals surface area contributed by atoms with Gasteiger partial charge in [-0.1, -0.05) is 19.4 Å². The number of unbranched alkanes of at least 4 members (excludes halogenated alkanes) is 1. The topological polar surface area (TPSA) is 39.7 Å². The van der Waals surface area contributed by atoms with Crippen LogP contribution in [0.25, 0.3) is 0 Å². The van der Waals surface area contributed by atoms with E-state index in [2.05, 4.69) is 31.3 Å². The van der Waals surface area contributed by atoms with Crippen LogP contribution in [0.5, 0.6) is 11.5 Å². The lowest BCUT2D eigenvalue weighted by Crippen LogP contribution is -2.23. The van der Waals surface area contributed by atoms with Crippen LogP contribution >= 0.6 is 0 Å². The van der Waals surface area contributed by atoms with Crippen LogP contribution in [0.3, 0.4) is 0 Å². The largest absolute Gasteiger partial charge is 0.490 e. The van der Waals surface area contributed by atoms with Gasteiger partial charge < -0.3 is 19.5 Å². The van der Waals surface area contributed by atoms with Crippen LogP contribution in [0.15, 0.2) is 18.2 Å². The summed E-state index contributed by atoms with van der Waals surface area (Å²) in [5.41, 5.74) is 1.22. The van der Waals surface area contributed by atoms with E-state index in [9.17, 15) is 0 Å². The Morgan fingerprint density at radius 3 is 2.81 bits per heavy atom. The predicted octanol–water partition coefficient (Wildman–Crippen LogP) is 3.32. The van der Waals surface area contributed by atoms with Crippen molar-refractivity contribution in [2.75, 3.05) is 33.0 Å². The van der Waals surface area contributed by atoms with E-state index in [0.29, 0.717) is 0 Å². The summed E-state index contributed by atoms with van der Waals surface area (Å²) in [5, 5.41) is 3.48. The summed E-state index contributed by atoms with van der Waals surface area (Å²) in [5.74, 6) is 1.71. The van der Waals surface area contributed by atoms with E-state index in [1.165, 1.54) is 12.0 Å². The molecule has 1 aliphatic heterocycles. The van der Waals surface area contributed by atoms with E-state index in [1.807, 2.05) is 6.07 Å². The van der Waals surface area contributed by atoms with E-state index in [-0.39, 0.29) is 6.04 Å². The molecule has 0 saturated heterocycles. The monoisotopic (exact) mass is 293 g/mol. The zero-order valence-corrected chi connectivity index (χ0v) is 13.2. The fraction of sp³-hybridized carbons (Fsp3) is 0.647. The Hall–Kier alpha value is -1.26. The van der Waals surface area contributed by atoms with Gasteiger partial charge in [-0.25, -0.2) is 0 Å². The van der Waals surface area contributed by atoms with Crippen LogP contribution in [0, 0.1) is 0 Å². The summed E-state index contributed by atoms with van der Waals surface area (Å²) < 4.78 is 16.9. The first-order chi connectivity index (χ1) is 10.3. The molecular formula is C17H27NO3. The molecule has 0 saturated carbocycles. The SMILES string of the molecule is CCCCOCCNC(C)c1ccc2c(c1)OCCCO2. The Kier molecular flexibility index (Phi) is 6.83. The van der Waals surface area contributed by atoms with Gasteiger partial charge in [0.1, 0.15) is 0 Å². The maximum Gasteiger partial charge on any atom is 0.161 e. The third-order valence-electron chi connectivity index (χ3n) is 3.61. The van der Waals surface area contributed by atoms with Gasteiger partial charge in [0.05, 0.1) is 19.8 Å². The lowest BCUT2D eigenvalue weighted by atomic mass is 10.1. The summed E-state index contributed by atoms with van der Waals surface area (Å²) in [6.07, 6.45) is 3.26. The molecule has 1 heterocycles. The highest BCUT2D eigenvalue weighted by molar-refractivity contribution is 5.44. The predicted molar refractivity (Wildman–Crippen MR) is 84.2 cm³/mol. The normalized spacial score (nSPS) is 15.5. The van der Waals surface area contributed by atoms with Gasteiger partial charge >= 0.3 is 0 Å². The molecule has 1 atom stereocenters. The average Bonchev–Trinajstić information content (AvgIpc) is 2.75. The van der Waals surface area contributed by atoms with Gasteiger partial charge in [-0.05, 0) is 31.0 Å². The van der Waals surface area contributed by atoms with Crippen molar-refractivity contribution in [2.45, 2.75) is 39.2 Å². The maximum absolute atomic E-state index is 5.73. The zero-order chi connectivity index (χ0) is 14.9. The van der Waals surface area contributed by atoms with Crippen LogP contribution in [-0.4, -0.2) is 33.0 Å². The highest BCUT2D eigenvalue weighted by atomic mass is 16.5. The second-order valence-electron chi connectivity index (χ2n) is 5.40. The van der Waals surface area contributed by atoms with Crippen LogP contribution in [0.4, 0.5) is 0 Å². The van der Waals surface area contributed by atoms with Crippen molar-refractivity contribution in [1.82, 2.24) is 5.32 Å². The zero-order valence-electron chi connectivity index (χ0n) is 13.2. The minimum Gasteiger partial charge on any atom is -0.490 e. The van der Waals surface area contributed by atoms with E-state index in [0.717, 1.165) is 57.3 Å². The van der Waals surface area contributed by atoms with Crippen molar-refractivity contribution in [3.8, 4) is 11.5 Å². The van der Waals surface area contributed by atoms with Gasteiger partial charge in [0.2, 0.25) is 0 Å². The Bertz CT molecular complexity index is 422. The number of fused-ring (bicyclic) bond motifs is 1. The average molecular weight is 293 g/mol. The van der Waals surface area contributed by atoms with Crippen molar-refractivity contribution < 1.29 is 14.2 Å². The molecule has 1 unspecified atom stereocenters. The highest BCUT2D eigenvalue weighted by Gasteiger charge is 2.13. The third-order valence-corrected chi connectivity index (χ3v) is 3.61. The highest BCUT2D eigenvalue weighted by Crippen LogP contribution is 2.32. The van der Waals surface area contributed by atoms with Gasteiger partial charge in [-0.15, -0.1) is 0 Å². The van der Waals surface area contributed by atoms with Crippen LogP contribution < -0.4 is 14.8 Å². The molecule has 0 aromatic heterocycles. The molecule has 0 fully saturated rings. The van der Waals surface area contributed by atoms with Gasteiger partial charge in [-0.2, -0.15) is 0 Å². The smallest absolute Gasteiger partial charge is 0.161 e. The van der Waals surface area contributed by atoms with Crippen molar-refractivity contribution in [3.05, 3.63) is 23.8 Å².